The molecule has 140 valence electrons. The van der Waals surface area contributed by atoms with E-state index in [-0.39, 0.29) is 12.1 Å². The van der Waals surface area contributed by atoms with Gasteiger partial charge >= 0.3 is 5.97 Å². The smallest absolute Gasteiger partial charge is 0.338 e. The molecule has 3 aromatic rings. The molecule has 0 bridgehead atoms. The Morgan fingerprint density at radius 3 is 2.74 bits per heavy atom. The molecule has 0 unspecified atom stereocenters. The Labute approximate surface area is 167 Å². The number of hydrogen-bond acceptors (Lipinski definition) is 6. The Kier molecular flexibility index (Phi) is 5.45. The van der Waals surface area contributed by atoms with Crippen LogP contribution in [-0.2, 0) is 23.3 Å². The highest BCUT2D eigenvalue weighted by molar-refractivity contribution is 7.98. The van der Waals surface area contributed by atoms with Gasteiger partial charge in [-0.2, -0.15) is 0 Å². The zero-order valence-electron chi connectivity index (χ0n) is 15.5. The Morgan fingerprint density at radius 1 is 1.19 bits per heavy atom. The molecule has 0 aliphatic heterocycles. The van der Waals surface area contributed by atoms with Gasteiger partial charge in [0.15, 0.2) is 0 Å². The first-order valence-electron chi connectivity index (χ1n) is 9.30. The molecule has 27 heavy (non-hydrogen) atoms. The Morgan fingerprint density at radius 2 is 1.96 bits per heavy atom. The van der Waals surface area contributed by atoms with Gasteiger partial charge in [0.1, 0.15) is 16.2 Å². The van der Waals surface area contributed by atoms with Gasteiger partial charge < -0.3 is 4.74 Å². The lowest BCUT2D eigenvalue weighted by Gasteiger charge is -2.11. The van der Waals surface area contributed by atoms with E-state index in [1.165, 1.54) is 35.1 Å². The molecular formula is C21H22N2O2S2. The molecule has 2 aromatic heterocycles. The van der Waals surface area contributed by atoms with Gasteiger partial charge in [-0.1, -0.05) is 12.1 Å². The molecule has 0 atom stereocenters. The maximum absolute atomic E-state index is 12.0. The van der Waals surface area contributed by atoms with Gasteiger partial charge in [0.2, 0.25) is 0 Å². The van der Waals surface area contributed by atoms with Crippen LogP contribution < -0.4 is 0 Å². The van der Waals surface area contributed by atoms with Gasteiger partial charge in [-0.3, -0.25) is 0 Å². The third-order valence-corrected chi connectivity index (χ3v) is 6.88. The standard InChI is InChI=1S/C21H22N2O2S2/c1-13(2)25-21(24)15-9-7-14(8-10-15)11-26-19-18-16-5-3-4-6-17(16)27-20(18)23-12-22-19/h7-10,12-13H,3-6,11H2,1-2H3. The van der Waals surface area contributed by atoms with Crippen LogP contribution in [0.15, 0.2) is 35.6 Å². The first-order valence-corrected chi connectivity index (χ1v) is 11.1. The molecule has 1 aliphatic carbocycles. The maximum atomic E-state index is 12.0. The highest BCUT2D eigenvalue weighted by Gasteiger charge is 2.20. The minimum atomic E-state index is -0.272. The van der Waals surface area contributed by atoms with E-state index in [0.717, 1.165) is 27.6 Å². The van der Waals surface area contributed by atoms with Crippen molar-refractivity contribution in [2.45, 2.75) is 56.4 Å². The zero-order chi connectivity index (χ0) is 18.8. The maximum Gasteiger partial charge on any atom is 0.338 e. The van der Waals surface area contributed by atoms with Crippen LogP contribution in [-0.4, -0.2) is 22.0 Å². The molecule has 0 saturated heterocycles. The summed E-state index contributed by atoms with van der Waals surface area (Å²) in [5.74, 6) is 0.544. The number of esters is 1. The minimum absolute atomic E-state index is 0.107. The molecule has 6 heteroatoms. The van der Waals surface area contributed by atoms with E-state index in [4.69, 9.17) is 4.74 Å². The number of carbonyl (C=O) groups excluding carboxylic acids is 1. The summed E-state index contributed by atoms with van der Waals surface area (Å²) in [6.07, 6.45) is 6.42. The summed E-state index contributed by atoms with van der Waals surface area (Å²) in [5, 5.41) is 2.34. The second-order valence-corrected chi connectivity index (χ2v) is 9.06. The fraction of sp³-hybridized carbons (Fsp3) is 0.381. The third kappa shape index (κ3) is 4.01. The van der Waals surface area contributed by atoms with E-state index < -0.39 is 0 Å². The van der Waals surface area contributed by atoms with Crippen LogP contribution >= 0.6 is 23.1 Å². The molecule has 0 fully saturated rings. The van der Waals surface area contributed by atoms with E-state index in [9.17, 15) is 4.79 Å². The van der Waals surface area contributed by atoms with Crippen LogP contribution in [0, 0.1) is 0 Å². The summed E-state index contributed by atoms with van der Waals surface area (Å²) in [7, 11) is 0. The normalized spacial score (nSPS) is 13.7. The Balaban J connectivity index is 1.50. The molecule has 0 N–H and O–H groups in total. The number of thiophene rings is 1. The van der Waals surface area contributed by atoms with Crippen LogP contribution in [0.4, 0.5) is 0 Å². The van der Waals surface area contributed by atoms with Crippen molar-refractivity contribution in [2.75, 3.05) is 0 Å². The van der Waals surface area contributed by atoms with Crippen molar-refractivity contribution in [3.63, 3.8) is 0 Å². The van der Waals surface area contributed by atoms with Gasteiger partial charge in [-0.25, -0.2) is 14.8 Å². The number of rotatable bonds is 5. The average molecular weight is 399 g/mol. The number of aromatic nitrogens is 2. The Hall–Kier alpha value is -1.92. The lowest BCUT2D eigenvalue weighted by atomic mass is 9.97. The van der Waals surface area contributed by atoms with Gasteiger partial charge in [-0.15, -0.1) is 23.1 Å². The fourth-order valence-electron chi connectivity index (χ4n) is 3.34. The molecule has 4 rings (SSSR count). The Bertz CT molecular complexity index is 964. The number of hydrogen-bond donors (Lipinski definition) is 0. The summed E-state index contributed by atoms with van der Waals surface area (Å²) in [6, 6.07) is 7.65. The summed E-state index contributed by atoms with van der Waals surface area (Å²) in [5.41, 5.74) is 3.22. The molecule has 0 saturated carbocycles. The van der Waals surface area contributed by atoms with E-state index >= 15 is 0 Å². The van der Waals surface area contributed by atoms with Gasteiger partial charge in [0.05, 0.1) is 11.7 Å². The van der Waals surface area contributed by atoms with Crippen molar-refractivity contribution in [3.05, 3.63) is 52.2 Å². The van der Waals surface area contributed by atoms with Gasteiger partial charge in [0.25, 0.3) is 0 Å². The zero-order valence-corrected chi connectivity index (χ0v) is 17.2. The van der Waals surface area contributed by atoms with Crippen molar-refractivity contribution in [1.29, 1.82) is 0 Å². The van der Waals surface area contributed by atoms with E-state index in [0.29, 0.717) is 5.56 Å². The number of nitrogens with zero attached hydrogens (tertiary/aromatic N) is 2. The predicted octanol–water partition coefficient (Wildman–Crippen LogP) is 5.43. The second kappa shape index (κ2) is 7.98. The first kappa shape index (κ1) is 18.4. The molecule has 1 aromatic carbocycles. The quantitative estimate of drug-likeness (QED) is 0.326. The lowest BCUT2D eigenvalue weighted by Crippen LogP contribution is -2.11. The summed E-state index contributed by atoms with van der Waals surface area (Å²) < 4.78 is 5.24. The van der Waals surface area contributed by atoms with Gasteiger partial charge in [-0.05, 0) is 62.8 Å². The molecule has 0 amide bonds. The van der Waals surface area contributed by atoms with Crippen LogP contribution in [0.3, 0.4) is 0 Å². The number of ether oxygens (including phenoxy) is 1. The predicted molar refractivity (Wildman–Crippen MR) is 111 cm³/mol. The summed E-state index contributed by atoms with van der Waals surface area (Å²) in [4.78, 5) is 23.6. The molecule has 0 spiro atoms. The molecular weight excluding hydrogens is 376 g/mol. The first-order chi connectivity index (χ1) is 13.1. The number of aryl methyl sites for hydroxylation is 2. The third-order valence-electron chi connectivity index (χ3n) is 4.62. The van der Waals surface area contributed by atoms with Crippen molar-refractivity contribution >= 4 is 39.3 Å². The fourth-order valence-corrected chi connectivity index (χ4v) is 5.62. The monoisotopic (exact) mass is 398 g/mol. The summed E-state index contributed by atoms with van der Waals surface area (Å²) >= 11 is 3.57. The highest BCUT2D eigenvalue weighted by atomic mass is 32.2. The molecule has 0 radical (unpaired) electrons. The van der Waals surface area contributed by atoms with E-state index in [1.807, 2.05) is 49.4 Å². The van der Waals surface area contributed by atoms with Crippen molar-refractivity contribution in [2.24, 2.45) is 0 Å². The SMILES string of the molecule is CC(C)OC(=O)c1ccc(CSc2ncnc3sc4c(c23)CCCC4)cc1. The number of benzene rings is 1. The van der Waals surface area contributed by atoms with Crippen molar-refractivity contribution in [3.8, 4) is 0 Å². The van der Waals surface area contributed by atoms with Gasteiger partial charge in [0, 0.05) is 16.0 Å². The number of carbonyl (C=O) groups is 1. The average Bonchev–Trinajstić information content (AvgIpc) is 3.05. The number of fused-ring (bicyclic) bond motifs is 3. The minimum Gasteiger partial charge on any atom is -0.459 e. The number of thioether (sulfide) groups is 1. The highest BCUT2D eigenvalue weighted by Crippen LogP contribution is 2.39. The summed E-state index contributed by atoms with van der Waals surface area (Å²) in [6.45, 7) is 3.71. The molecule has 2 heterocycles. The van der Waals surface area contributed by atoms with Crippen molar-refractivity contribution in [1.82, 2.24) is 9.97 Å². The van der Waals surface area contributed by atoms with Crippen LogP contribution in [0.5, 0.6) is 0 Å². The largest absolute Gasteiger partial charge is 0.459 e. The van der Waals surface area contributed by atoms with Crippen LogP contribution in [0.25, 0.3) is 10.2 Å². The molecule has 4 nitrogen and oxygen atoms in total. The molecule has 1 aliphatic rings. The van der Waals surface area contributed by atoms with Crippen LogP contribution in [0.2, 0.25) is 0 Å². The van der Waals surface area contributed by atoms with Crippen LogP contribution in [0.1, 0.15) is 53.1 Å². The van der Waals surface area contributed by atoms with Crippen molar-refractivity contribution < 1.29 is 9.53 Å². The van der Waals surface area contributed by atoms with E-state index in [1.54, 1.807) is 18.1 Å². The second-order valence-electron chi connectivity index (χ2n) is 7.01. The lowest BCUT2D eigenvalue weighted by molar-refractivity contribution is 0.0378. The topological polar surface area (TPSA) is 52.1 Å². The van der Waals surface area contributed by atoms with E-state index in [2.05, 4.69) is 9.97 Å².